The molecule has 2 rings (SSSR count). The molecule has 0 spiro atoms. The number of ether oxygens (including phenoxy) is 1. The van der Waals surface area contributed by atoms with Crippen molar-refractivity contribution in [3.05, 3.63) is 57.4 Å². The number of hydrogen-bond acceptors (Lipinski definition) is 5. The second kappa shape index (κ2) is 5.64. The maximum Gasteiger partial charge on any atom is 0.313 e. The summed E-state index contributed by atoms with van der Waals surface area (Å²) in [7, 11) is 0. The van der Waals surface area contributed by atoms with Crippen molar-refractivity contribution in [2.24, 2.45) is 5.73 Å². The van der Waals surface area contributed by atoms with Gasteiger partial charge in [-0.25, -0.2) is 0 Å². The third-order valence-corrected chi connectivity index (χ3v) is 2.67. The van der Waals surface area contributed by atoms with Crippen LogP contribution in [0.25, 0.3) is 0 Å². The number of nitrogens with zero attached hydrogens (tertiary/aromatic N) is 2. The van der Waals surface area contributed by atoms with Crippen LogP contribution in [0.4, 0.5) is 5.69 Å². The Kier molecular flexibility index (Phi) is 3.94. The molecule has 7 heteroatoms. The van der Waals surface area contributed by atoms with E-state index in [1.165, 1.54) is 24.4 Å². The zero-order valence-corrected chi connectivity index (χ0v) is 10.5. The molecule has 2 N–H and O–H groups in total. The van der Waals surface area contributed by atoms with E-state index >= 15 is 0 Å². The van der Waals surface area contributed by atoms with Gasteiger partial charge in [0.2, 0.25) is 5.75 Å². The number of aromatic nitrogens is 1. The van der Waals surface area contributed by atoms with Crippen molar-refractivity contribution < 1.29 is 9.66 Å². The summed E-state index contributed by atoms with van der Waals surface area (Å²) < 4.78 is 5.45. The average Bonchev–Trinajstić information content (AvgIpc) is 2.41. The van der Waals surface area contributed by atoms with E-state index in [9.17, 15) is 10.1 Å². The molecule has 19 heavy (non-hydrogen) atoms. The van der Waals surface area contributed by atoms with Crippen molar-refractivity contribution in [1.82, 2.24) is 4.98 Å². The van der Waals surface area contributed by atoms with Crippen LogP contribution in [0.1, 0.15) is 5.56 Å². The fraction of sp³-hybridized carbons (Fsp3) is 0.0833. The Morgan fingerprint density at radius 1 is 1.42 bits per heavy atom. The minimum absolute atomic E-state index is 0.00913. The first-order chi connectivity index (χ1) is 9.11. The van der Waals surface area contributed by atoms with Gasteiger partial charge in [0.25, 0.3) is 0 Å². The van der Waals surface area contributed by atoms with Crippen LogP contribution < -0.4 is 10.5 Å². The predicted octanol–water partition coefficient (Wildman–Crippen LogP) is 2.89. The Balaban J connectivity index is 2.40. The van der Waals surface area contributed by atoms with Gasteiger partial charge in [-0.2, -0.15) is 0 Å². The van der Waals surface area contributed by atoms with E-state index in [0.717, 1.165) is 5.56 Å². The largest absolute Gasteiger partial charge is 0.447 e. The molecule has 6 nitrogen and oxygen atoms in total. The smallest absolute Gasteiger partial charge is 0.313 e. The maximum atomic E-state index is 10.9. The normalized spacial score (nSPS) is 10.2. The lowest BCUT2D eigenvalue weighted by Crippen LogP contribution is -1.98. The van der Waals surface area contributed by atoms with Gasteiger partial charge >= 0.3 is 5.69 Å². The van der Waals surface area contributed by atoms with Crippen LogP contribution in [0.3, 0.4) is 0 Å². The second-order valence-electron chi connectivity index (χ2n) is 3.68. The first-order valence-electron chi connectivity index (χ1n) is 5.36. The van der Waals surface area contributed by atoms with Gasteiger partial charge in [-0.15, -0.1) is 0 Å². The monoisotopic (exact) mass is 279 g/mol. The predicted molar refractivity (Wildman–Crippen MR) is 70.3 cm³/mol. The summed E-state index contributed by atoms with van der Waals surface area (Å²) in [6, 6.07) is 5.98. The van der Waals surface area contributed by atoms with E-state index in [1.807, 2.05) is 0 Å². The van der Waals surface area contributed by atoms with Crippen LogP contribution in [0.15, 0.2) is 36.7 Å². The number of nitrogens with two attached hydrogens (primary N) is 1. The number of hydrogen-bond donors (Lipinski definition) is 1. The first kappa shape index (κ1) is 13.3. The Bertz CT molecular complexity index is 619. The molecule has 0 unspecified atom stereocenters. The van der Waals surface area contributed by atoms with Gasteiger partial charge in [0.15, 0.2) is 0 Å². The Morgan fingerprint density at radius 2 is 2.21 bits per heavy atom. The number of pyridine rings is 1. The molecule has 0 aliphatic rings. The molecule has 0 saturated carbocycles. The van der Waals surface area contributed by atoms with E-state index in [1.54, 1.807) is 12.3 Å². The van der Waals surface area contributed by atoms with Crippen molar-refractivity contribution in [1.29, 1.82) is 0 Å². The zero-order chi connectivity index (χ0) is 13.8. The number of benzene rings is 1. The van der Waals surface area contributed by atoms with Crippen molar-refractivity contribution in [2.45, 2.75) is 6.54 Å². The van der Waals surface area contributed by atoms with E-state index in [2.05, 4.69) is 4.98 Å². The van der Waals surface area contributed by atoms with Crippen LogP contribution in [-0.2, 0) is 6.54 Å². The average molecular weight is 280 g/mol. The van der Waals surface area contributed by atoms with Gasteiger partial charge in [-0.3, -0.25) is 15.1 Å². The minimum Gasteiger partial charge on any atom is -0.447 e. The number of nitro benzene ring substituents is 1. The van der Waals surface area contributed by atoms with Crippen LogP contribution in [0.2, 0.25) is 5.02 Å². The van der Waals surface area contributed by atoms with Gasteiger partial charge in [-0.05, 0) is 17.7 Å². The van der Waals surface area contributed by atoms with E-state index in [-0.39, 0.29) is 16.5 Å². The number of halogens is 1. The molecule has 0 saturated heterocycles. The van der Waals surface area contributed by atoms with Gasteiger partial charge in [-0.1, -0.05) is 17.7 Å². The van der Waals surface area contributed by atoms with Crippen molar-refractivity contribution in [2.75, 3.05) is 0 Å². The van der Waals surface area contributed by atoms with Crippen LogP contribution in [0, 0.1) is 10.1 Å². The fourth-order valence-electron chi connectivity index (χ4n) is 1.49. The standard InChI is InChI=1S/C12H10ClN3O3/c13-10-2-1-3-11(16(17)18)12(10)19-9-4-8(5-14)6-15-7-9/h1-4,6-7H,5,14H2. The Labute approximate surface area is 113 Å². The summed E-state index contributed by atoms with van der Waals surface area (Å²) in [5, 5.41) is 11.1. The van der Waals surface area contributed by atoms with Gasteiger partial charge in [0.05, 0.1) is 16.1 Å². The maximum absolute atomic E-state index is 10.9. The summed E-state index contributed by atoms with van der Waals surface area (Å²) in [5.74, 6) is 0.337. The molecule has 1 heterocycles. The van der Waals surface area contributed by atoms with Gasteiger partial charge < -0.3 is 10.5 Å². The lowest BCUT2D eigenvalue weighted by Gasteiger charge is -2.08. The zero-order valence-electron chi connectivity index (χ0n) is 9.75. The second-order valence-corrected chi connectivity index (χ2v) is 4.09. The molecule has 0 bridgehead atoms. The summed E-state index contributed by atoms with van der Waals surface area (Å²) in [6.45, 7) is 0.300. The highest BCUT2D eigenvalue weighted by Gasteiger charge is 2.19. The van der Waals surface area contributed by atoms with Gasteiger partial charge in [0, 0.05) is 18.8 Å². The third kappa shape index (κ3) is 2.98. The molecule has 0 aliphatic heterocycles. The molecule has 0 radical (unpaired) electrons. The molecule has 0 amide bonds. The van der Waals surface area contributed by atoms with E-state index in [4.69, 9.17) is 22.1 Å². The Hall–Kier alpha value is -2.18. The van der Waals surface area contributed by atoms with Crippen LogP contribution >= 0.6 is 11.6 Å². The highest BCUT2D eigenvalue weighted by Crippen LogP contribution is 2.37. The Morgan fingerprint density at radius 3 is 2.89 bits per heavy atom. The fourth-order valence-corrected chi connectivity index (χ4v) is 1.70. The van der Waals surface area contributed by atoms with Crippen LogP contribution in [0.5, 0.6) is 11.5 Å². The van der Waals surface area contributed by atoms with Crippen molar-refractivity contribution in [3.63, 3.8) is 0 Å². The van der Waals surface area contributed by atoms with E-state index in [0.29, 0.717) is 12.3 Å². The minimum atomic E-state index is -0.554. The third-order valence-electron chi connectivity index (χ3n) is 2.37. The number of nitro groups is 1. The highest BCUT2D eigenvalue weighted by molar-refractivity contribution is 6.32. The molecular weight excluding hydrogens is 270 g/mol. The molecule has 98 valence electrons. The lowest BCUT2D eigenvalue weighted by atomic mass is 10.2. The van der Waals surface area contributed by atoms with Crippen LogP contribution in [-0.4, -0.2) is 9.91 Å². The number of rotatable bonds is 4. The quantitative estimate of drug-likeness (QED) is 0.686. The lowest BCUT2D eigenvalue weighted by molar-refractivity contribution is -0.385. The molecule has 0 fully saturated rings. The highest BCUT2D eigenvalue weighted by atomic mass is 35.5. The van der Waals surface area contributed by atoms with Gasteiger partial charge in [0.1, 0.15) is 5.75 Å². The molecule has 0 atom stereocenters. The summed E-state index contributed by atoms with van der Waals surface area (Å²) in [5.41, 5.74) is 6.04. The van der Waals surface area contributed by atoms with Crippen molar-refractivity contribution in [3.8, 4) is 11.5 Å². The van der Waals surface area contributed by atoms with E-state index < -0.39 is 4.92 Å². The molecule has 1 aromatic carbocycles. The number of para-hydroxylation sites is 1. The molecular formula is C12H10ClN3O3. The molecule has 1 aromatic heterocycles. The first-order valence-corrected chi connectivity index (χ1v) is 5.74. The summed E-state index contributed by atoms with van der Waals surface area (Å²) in [6.07, 6.45) is 3.03. The topological polar surface area (TPSA) is 91.3 Å². The summed E-state index contributed by atoms with van der Waals surface area (Å²) >= 11 is 5.92. The molecule has 0 aliphatic carbocycles. The SMILES string of the molecule is NCc1cncc(Oc2c(Cl)cccc2[N+](=O)[O-])c1. The van der Waals surface area contributed by atoms with Crippen molar-refractivity contribution >= 4 is 17.3 Å². The molecule has 2 aromatic rings. The summed E-state index contributed by atoms with van der Waals surface area (Å²) in [4.78, 5) is 14.3.